The minimum atomic E-state index is -0.743. The summed E-state index contributed by atoms with van der Waals surface area (Å²) in [4.78, 5) is 73.6. The number of aromatic nitrogens is 3. The normalized spacial score (nSPS) is 19.3. The lowest BCUT2D eigenvalue weighted by Gasteiger charge is -2.32. The van der Waals surface area contributed by atoms with E-state index in [1.165, 1.54) is 9.13 Å². The summed E-state index contributed by atoms with van der Waals surface area (Å²) in [6.07, 6.45) is 6.52. The number of carbonyl (C=O) groups excluding carboxylic acids is 4. The molecule has 14 nitrogen and oxygen atoms in total. The molecular formula is C52H61N9O5. The zero-order chi connectivity index (χ0) is 45.9. The molecule has 344 valence electrons. The number of unbranched alkanes of at least 4 members (excludes halogenated alkanes) is 1. The lowest BCUT2D eigenvalue weighted by atomic mass is 9.92. The minimum Gasteiger partial charge on any atom is -0.380 e. The summed E-state index contributed by atoms with van der Waals surface area (Å²) in [6.45, 7) is 10.2. The van der Waals surface area contributed by atoms with Crippen LogP contribution in [0.1, 0.15) is 115 Å². The monoisotopic (exact) mass is 891 g/mol. The van der Waals surface area contributed by atoms with Crippen LogP contribution in [0.15, 0.2) is 71.5 Å². The molecule has 2 atom stereocenters. The molecular weight excluding hydrogens is 831 g/mol. The van der Waals surface area contributed by atoms with Crippen molar-refractivity contribution in [3.8, 4) is 11.8 Å². The fraction of sp³-hybridized carbons (Fsp3) is 0.462. The first kappa shape index (κ1) is 44.9. The molecule has 4 aliphatic rings. The average molecular weight is 892 g/mol. The third kappa shape index (κ3) is 9.64. The van der Waals surface area contributed by atoms with Crippen LogP contribution < -0.4 is 27.0 Å². The predicted molar refractivity (Wildman–Crippen MR) is 256 cm³/mol. The standard InChI is InChI=1S/C52H61N9O5/c1-33-11-15-38(55-39-31-53-32-39)30-43(33)50(64)54-34(2)40-16-14-36(41-8-4-5-9-42(40)41)13-12-35-21-26-59(27-22-35)25-7-6-10-48(63)60-28-23-37(24-29-60)44-17-18-45-49(56-44)58(3)52(66)61(45)46-19-20-47(62)57-51(46)65/h4-5,8-9,11,14-18,30,34-35,37,39,46,53,55H,6-7,10,19-29,31-32H2,1-3H3,(H,54,64)(H,57,62,65)/t34-,46?/m1/s1. The van der Waals surface area contributed by atoms with Crippen LogP contribution in [-0.4, -0.2) is 99.4 Å². The van der Waals surface area contributed by atoms with Gasteiger partial charge in [-0.25, -0.2) is 9.78 Å². The van der Waals surface area contributed by atoms with Gasteiger partial charge in [-0.1, -0.05) is 48.2 Å². The number of fused-ring (bicyclic) bond motifs is 2. The number of imidazole rings is 1. The number of anilines is 1. The number of nitrogens with zero attached hydrogens (tertiary/aromatic N) is 5. The number of carbonyl (C=O) groups is 4. The zero-order valence-electron chi connectivity index (χ0n) is 38.3. The molecule has 66 heavy (non-hydrogen) atoms. The molecule has 4 saturated heterocycles. The third-order valence-electron chi connectivity index (χ3n) is 14.3. The topological polar surface area (TPSA) is 163 Å². The molecule has 4 fully saturated rings. The Bertz CT molecular complexity index is 2780. The second-order valence-electron chi connectivity index (χ2n) is 18.7. The number of hydrogen-bond donors (Lipinski definition) is 4. The maximum atomic E-state index is 13.5. The van der Waals surface area contributed by atoms with Crippen molar-refractivity contribution in [3.05, 3.63) is 105 Å². The molecule has 0 aliphatic carbocycles. The van der Waals surface area contributed by atoms with Gasteiger partial charge in [-0.3, -0.25) is 33.6 Å². The lowest BCUT2D eigenvalue weighted by molar-refractivity contribution is -0.136. The van der Waals surface area contributed by atoms with Gasteiger partial charge >= 0.3 is 5.69 Å². The van der Waals surface area contributed by atoms with Crippen molar-refractivity contribution >= 4 is 51.3 Å². The zero-order valence-corrected chi connectivity index (χ0v) is 38.3. The highest BCUT2D eigenvalue weighted by Gasteiger charge is 2.32. The van der Waals surface area contributed by atoms with Crippen molar-refractivity contribution in [1.29, 1.82) is 0 Å². The van der Waals surface area contributed by atoms with E-state index in [9.17, 15) is 24.0 Å². The van der Waals surface area contributed by atoms with E-state index in [0.29, 0.717) is 48.2 Å². The number of amides is 4. The molecule has 2 aromatic heterocycles. The third-order valence-corrected chi connectivity index (χ3v) is 14.3. The van der Waals surface area contributed by atoms with E-state index in [4.69, 9.17) is 4.98 Å². The molecule has 4 aliphatic heterocycles. The number of hydrogen-bond acceptors (Lipinski definition) is 9. The first-order valence-corrected chi connectivity index (χ1v) is 23.8. The summed E-state index contributed by atoms with van der Waals surface area (Å²) in [5, 5.41) is 14.6. The number of benzene rings is 3. The van der Waals surface area contributed by atoms with Crippen molar-refractivity contribution in [2.24, 2.45) is 13.0 Å². The highest BCUT2D eigenvalue weighted by molar-refractivity contribution is 6.00. The van der Waals surface area contributed by atoms with E-state index < -0.39 is 11.9 Å². The largest absolute Gasteiger partial charge is 0.380 e. The van der Waals surface area contributed by atoms with Crippen LogP contribution in [0.3, 0.4) is 0 Å². The Kier molecular flexibility index (Phi) is 13.4. The molecule has 9 rings (SSSR count). The molecule has 0 radical (unpaired) electrons. The van der Waals surface area contributed by atoms with E-state index >= 15 is 0 Å². The molecule has 0 saturated carbocycles. The molecule has 0 spiro atoms. The molecule has 1 unspecified atom stereocenters. The van der Waals surface area contributed by atoms with Crippen LogP contribution in [0.5, 0.6) is 0 Å². The minimum absolute atomic E-state index is 0.0822. The lowest BCUT2D eigenvalue weighted by Crippen LogP contribution is -2.51. The number of aryl methyl sites for hydroxylation is 2. The van der Waals surface area contributed by atoms with Crippen molar-refractivity contribution < 1.29 is 19.2 Å². The molecule has 6 heterocycles. The van der Waals surface area contributed by atoms with Gasteiger partial charge in [0.2, 0.25) is 17.7 Å². The molecule has 14 heteroatoms. The van der Waals surface area contributed by atoms with Gasteiger partial charge in [0.25, 0.3) is 5.91 Å². The van der Waals surface area contributed by atoms with Crippen LogP contribution in [0.4, 0.5) is 5.69 Å². The van der Waals surface area contributed by atoms with Crippen molar-refractivity contribution in [2.75, 3.05) is 51.1 Å². The van der Waals surface area contributed by atoms with Gasteiger partial charge in [0, 0.05) is 80.4 Å². The Labute approximate surface area is 385 Å². The van der Waals surface area contributed by atoms with E-state index in [1.807, 2.05) is 55.1 Å². The maximum Gasteiger partial charge on any atom is 0.330 e. The van der Waals surface area contributed by atoms with Crippen molar-refractivity contribution in [2.45, 2.75) is 95.7 Å². The number of likely N-dealkylation sites (tertiary alicyclic amines) is 2. The Morgan fingerprint density at radius 3 is 2.41 bits per heavy atom. The van der Waals surface area contributed by atoms with Gasteiger partial charge in [-0.05, 0) is 131 Å². The summed E-state index contributed by atoms with van der Waals surface area (Å²) in [5.74, 6) is 6.98. The molecule has 4 N–H and O–H groups in total. The van der Waals surface area contributed by atoms with Gasteiger partial charge < -0.3 is 25.8 Å². The summed E-state index contributed by atoms with van der Waals surface area (Å²) in [5.41, 5.74) is 6.33. The highest BCUT2D eigenvalue weighted by Crippen LogP contribution is 2.31. The first-order valence-electron chi connectivity index (χ1n) is 23.8. The summed E-state index contributed by atoms with van der Waals surface area (Å²) >= 11 is 0. The van der Waals surface area contributed by atoms with Crippen molar-refractivity contribution in [3.63, 3.8) is 0 Å². The summed E-state index contributed by atoms with van der Waals surface area (Å²) in [7, 11) is 1.66. The van der Waals surface area contributed by atoms with Gasteiger partial charge in [0.15, 0.2) is 5.65 Å². The quantitative estimate of drug-likeness (QED) is 0.0701. The number of imide groups is 1. The Morgan fingerprint density at radius 2 is 1.67 bits per heavy atom. The van der Waals surface area contributed by atoms with Gasteiger partial charge in [-0.2, -0.15) is 0 Å². The van der Waals surface area contributed by atoms with Gasteiger partial charge in [0.05, 0.1) is 17.6 Å². The number of rotatable bonds is 12. The fourth-order valence-electron chi connectivity index (χ4n) is 10.1. The molecule has 5 aromatic rings. The Hall–Kier alpha value is -6.30. The summed E-state index contributed by atoms with van der Waals surface area (Å²) < 4.78 is 2.93. The molecule has 3 aromatic carbocycles. The predicted octanol–water partition coefficient (Wildman–Crippen LogP) is 5.69. The molecule has 4 amide bonds. The molecule has 0 bridgehead atoms. The van der Waals surface area contributed by atoms with E-state index in [-0.39, 0.29) is 48.2 Å². The summed E-state index contributed by atoms with van der Waals surface area (Å²) in [6, 6.07) is 21.8. The number of nitrogens with one attached hydrogen (secondary N) is 4. The highest BCUT2D eigenvalue weighted by atomic mass is 16.2. The van der Waals surface area contributed by atoms with Crippen LogP contribution in [0.2, 0.25) is 0 Å². The number of pyridine rings is 1. The maximum absolute atomic E-state index is 13.5. The van der Waals surface area contributed by atoms with Gasteiger partial charge in [-0.15, -0.1) is 0 Å². The Morgan fingerprint density at radius 1 is 0.894 bits per heavy atom. The van der Waals surface area contributed by atoms with Crippen molar-refractivity contribution in [1.82, 2.24) is 39.9 Å². The second-order valence-corrected chi connectivity index (χ2v) is 18.7. The SMILES string of the molecule is Cc1ccc(NC2CNC2)cc1C(=O)N[C@H](C)c1ccc(C#CC2CCN(CCCCC(=O)N3CCC(c4ccc5c(n4)n(C)c(=O)n5C4CCC(=O)NC4=O)CC3)CC2)c2ccccc12. The van der Waals surface area contributed by atoms with E-state index in [1.54, 1.807) is 7.05 Å². The van der Waals surface area contributed by atoms with Crippen LogP contribution >= 0.6 is 0 Å². The van der Waals surface area contributed by atoms with Crippen LogP contribution in [0, 0.1) is 24.7 Å². The van der Waals surface area contributed by atoms with Crippen LogP contribution in [0.25, 0.3) is 21.9 Å². The second kappa shape index (κ2) is 19.7. The van der Waals surface area contributed by atoms with E-state index in [0.717, 1.165) is 110 Å². The van der Waals surface area contributed by atoms with Crippen LogP contribution in [-0.2, 0) is 21.4 Å². The van der Waals surface area contributed by atoms with Gasteiger partial charge in [0.1, 0.15) is 6.04 Å². The van der Waals surface area contributed by atoms with E-state index in [2.05, 4.69) is 68.3 Å². The number of piperidine rings is 3. The Balaban J connectivity index is 0.713. The fourth-order valence-corrected chi connectivity index (χ4v) is 10.1. The first-order chi connectivity index (χ1) is 32.0. The smallest absolute Gasteiger partial charge is 0.330 e. The average Bonchev–Trinajstić information content (AvgIpc) is 3.56.